The molecule has 0 aliphatic carbocycles. The quantitative estimate of drug-likeness (QED) is 0.811. The molecule has 2 rings (SSSR count). The van der Waals surface area contributed by atoms with Gasteiger partial charge in [0.05, 0.1) is 17.6 Å². The van der Waals surface area contributed by atoms with Crippen LogP contribution < -0.4 is 0 Å². The van der Waals surface area contributed by atoms with E-state index >= 15 is 0 Å². The molecule has 0 bridgehead atoms. The SMILES string of the molecule is CC(C)OC(=O)C1CCn2ccc(C(=O)O)c21. The zero-order chi connectivity index (χ0) is 12.6. The molecule has 1 aromatic rings. The molecular formula is C12H15NO4. The predicted molar refractivity (Wildman–Crippen MR) is 60.0 cm³/mol. The number of hydrogen-bond donors (Lipinski definition) is 1. The Labute approximate surface area is 99.0 Å². The van der Waals surface area contributed by atoms with Crippen molar-refractivity contribution in [2.45, 2.75) is 38.8 Å². The zero-order valence-corrected chi connectivity index (χ0v) is 9.84. The van der Waals surface area contributed by atoms with E-state index in [1.54, 1.807) is 20.0 Å². The molecule has 92 valence electrons. The largest absolute Gasteiger partial charge is 0.478 e. The number of nitrogens with zero attached hydrogens (tertiary/aromatic N) is 1. The molecule has 0 fully saturated rings. The smallest absolute Gasteiger partial charge is 0.337 e. The van der Waals surface area contributed by atoms with Crippen LogP contribution in [0.2, 0.25) is 0 Å². The van der Waals surface area contributed by atoms with Crippen molar-refractivity contribution in [1.29, 1.82) is 0 Å². The van der Waals surface area contributed by atoms with Crippen LogP contribution >= 0.6 is 0 Å². The van der Waals surface area contributed by atoms with Crippen LogP contribution in [0.15, 0.2) is 12.3 Å². The average molecular weight is 237 g/mol. The van der Waals surface area contributed by atoms with Crippen LogP contribution in [0.1, 0.15) is 42.2 Å². The summed E-state index contributed by atoms with van der Waals surface area (Å²) in [5, 5.41) is 9.05. The number of ether oxygens (including phenoxy) is 1. The zero-order valence-electron chi connectivity index (χ0n) is 9.84. The van der Waals surface area contributed by atoms with Gasteiger partial charge in [-0.15, -0.1) is 0 Å². The van der Waals surface area contributed by atoms with Gasteiger partial charge in [0.25, 0.3) is 0 Å². The summed E-state index contributed by atoms with van der Waals surface area (Å²) in [6.07, 6.45) is 2.14. The van der Waals surface area contributed by atoms with Gasteiger partial charge < -0.3 is 14.4 Å². The first-order chi connectivity index (χ1) is 8.00. The summed E-state index contributed by atoms with van der Waals surface area (Å²) >= 11 is 0. The second-order valence-corrected chi connectivity index (χ2v) is 4.44. The van der Waals surface area contributed by atoms with Crippen LogP contribution in [0, 0.1) is 0 Å². The topological polar surface area (TPSA) is 68.5 Å². The number of carbonyl (C=O) groups is 2. The number of aromatic nitrogens is 1. The van der Waals surface area contributed by atoms with E-state index in [-0.39, 0.29) is 17.6 Å². The van der Waals surface area contributed by atoms with Crippen LogP contribution in [-0.2, 0) is 16.1 Å². The molecule has 0 amide bonds. The molecule has 1 unspecified atom stereocenters. The van der Waals surface area contributed by atoms with E-state index in [0.717, 1.165) is 0 Å². The van der Waals surface area contributed by atoms with Gasteiger partial charge in [-0.2, -0.15) is 0 Å². The second kappa shape index (κ2) is 4.24. The van der Waals surface area contributed by atoms with Crippen molar-refractivity contribution in [1.82, 2.24) is 4.57 Å². The Bertz CT molecular complexity index is 461. The summed E-state index contributed by atoms with van der Waals surface area (Å²) < 4.78 is 6.97. The highest BCUT2D eigenvalue weighted by molar-refractivity contribution is 5.92. The number of rotatable bonds is 3. The molecule has 1 atom stereocenters. The van der Waals surface area contributed by atoms with Gasteiger partial charge in [0.2, 0.25) is 0 Å². The van der Waals surface area contributed by atoms with Crippen molar-refractivity contribution >= 4 is 11.9 Å². The number of fused-ring (bicyclic) bond motifs is 1. The molecule has 1 aliphatic rings. The Morgan fingerprint density at radius 1 is 1.53 bits per heavy atom. The fourth-order valence-corrected chi connectivity index (χ4v) is 2.20. The molecule has 1 aromatic heterocycles. The standard InChI is InChI=1S/C12H15NO4/c1-7(2)17-12(16)9-4-6-13-5-3-8(10(9)13)11(14)15/h3,5,7,9H,4,6H2,1-2H3,(H,14,15). The van der Waals surface area contributed by atoms with Crippen molar-refractivity contribution in [3.63, 3.8) is 0 Å². The lowest BCUT2D eigenvalue weighted by Crippen LogP contribution is -2.19. The van der Waals surface area contributed by atoms with E-state index in [1.807, 2.05) is 4.57 Å². The van der Waals surface area contributed by atoms with Crippen molar-refractivity contribution in [3.8, 4) is 0 Å². The molecule has 0 saturated carbocycles. The van der Waals surface area contributed by atoms with E-state index in [1.165, 1.54) is 6.07 Å². The number of carbonyl (C=O) groups excluding carboxylic acids is 1. The van der Waals surface area contributed by atoms with Gasteiger partial charge in [-0.1, -0.05) is 0 Å². The van der Waals surface area contributed by atoms with Gasteiger partial charge in [-0.05, 0) is 26.3 Å². The maximum absolute atomic E-state index is 11.9. The lowest BCUT2D eigenvalue weighted by molar-refractivity contribution is -0.149. The third kappa shape index (κ3) is 2.05. The Hall–Kier alpha value is -1.78. The molecule has 0 aromatic carbocycles. The Balaban J connectivity index is 2.29. The first kappa shape index (κ1) is 11.7. The van der Waals surface area contributed by atoms with Crippen molar-refractivity contribution in [2.75, 3.05) is 0 Å². The van der Waals surface area contributed by atoms with Crippen LogP contribution in [0.25, 0.3) is 0 Å². The Morgan fingerprint density at radius 2 is 2.24 bits per heavy atom. The van der Waals surface area contributed by atoms with Gasteiger partial charge in [0, 0.05) is 18.4 Å². The maximum Gasteiger partial charge on any atom is 0.337 e. The van der Waals surface area contributed by atoms with E-state index in [4.69, 9.17) is 9.84 Å². The normalized spacial score (nSPS) is 18.2. The van der Waals surface area contributed by atoms with Crippen LogP contribution in [0.3, 0.4) is 0 Å². The van der Waals surface area contributed by atoms with Gasteiger partial charge in [-0.25, -0.2) is 4.79 Å². The minimum Gasteiger partial charge on any atom is -0.478 e. The van der Waals surface area contributed by atoms with Crippen molar-refractivity contribution in [3.05, 3.63) is 23.5 Å². The summed E-state index contributed by atoms with van der Waals surface area (Å²) in [5.41, 5.74) is 0.774. The van der Waals surface area contributed by atoms with E-state index in [0.29, 0.717) is 18.7 Å². The summed E-state index contributed by atoms with van der Waals surface area (Å²) in [5.74, 6) is -1.78. The summed E-state index contributed by atoms with van der Waals surface area (Å²) in [7, 11) is 0. The highest BCUT2D eigenvalue weighted by Gasteiger charge is 2.34. The van der Waals surface area contributed by atoms with E-state index in [2.05, 4.69) is 0 Å². The fourth-order valence-electron chi connectivity index (χ4n) is 2.20. The highest BCUT2D eigenvalue weighted by atomic mass is 16.5. The van der Waals surface area contributed by atoms with Gasteiger partial charge >= 0.3 is 11.9 Å². The Morgan fingerprint density at radius 3 is 2.82 bits per heavy atom. The molecule has 17 heavy (non-hydrogen) atoms. The molecule has 0 saturated heterocycles. The number of aryl methyl sites for hydroxylation is 1. The minimum atomic E-state index is -0.997. The number of esters is 1. The molecule has 5 heteroatoms. The third-order valence-corrected chi connectivity index (χ3v) is 2.86. The molecular weight excluding hydrogens is 222 g/mol. The summed E-state index contributed by atoms with van der Waals surface area (Å²) in [6, 6.07) is 1.53. The van der Waals surface area contributed by atoms with Gasteiger partial charge in [0.15, 0.2) is 0 Å². The van der Waals surface area contributed by atoms with Crippen molar-refractivity contribution < 1.29 is 19.4 Å². The van der Waals surface area contributed by atoms with Gasteiger partial charge in [0.1, 0.15) is 0 Å². The first-order valence-electron chi connectivity index (χ1n) is 5.63. The molecule has 0 spiro atoms. The summed E-state index contributed by atoms with van der Waals surface area (Å²) in [6.45, 7) is 4.23. The average Bonchev–Trinajstić information content (AvgIpc) is 2.73. The monoisotopic (exact) mass is 237 g/mol. The lowest BCUT2D eigenvalue weighted by Gasteiger charge is -2.13. The molecule has 5 nitrogen and oxygen atoms in total. The van der Waals surface area contributed by atoms with Crippen LogP contribution in [0.5, 0.6) is 0 Å². The fraction of sp³-hybridized carbons (Fsp3) is 0.500. The number of hydrogen-bond acceptors (Lipinski definition) is 3. The number of aromatic carboxylic acids is 1. The van der Waals surface area contributed by atoms with Crippen LogP contribution in [-0.4, -0.2) is 27.7 Å². The second-order valence-electron chi connectivity index (χ2n) is 4.44. The number of carboxylic acid groups (broad SMARTS) is 1. The molecule has 0 radical (unpaired) electrons. The Kier molecular flexibility index (Phi) is 2.92. The van der Waals surface area contributed by atoms with Gasteiger partial charge in [-0.3, -0.25) is 4.79 Å². The van der Waals surface area contributed by atoms with E-state index < -0.39 is 11.9 Å². The third-order valence-electron chi connectivity index (χ3n) is 2.86. The highest BCUT2D eigenvalue weighted by Crippen LogP contribution is 2.33. The number of carboxylic acids is 1. The predicted octanol–water partition coefficient (Wildman–Crippen LogP) is 1.63. The summed E-state index contributed by atoms with van der Waals surface area (Å²) in [4.78, 5) is 22.9. The van der Waals surface area contributed by atoms with Crippen LogP contribution in [0.4, 0.5) is 0 Å². The van der Waals surface area contributed by atoms with E-state index in [9.17, 15) is 9.59 Å². The molecule has 2 heterocycles. The molecule has 1 N–H and O–H groups in total. The molecule has 1 aliphatic heterocycles. The first-order valence-corrected chi connectivity index (χ1v) is 5.63. The van der Waals surface area contributed by atoms with Crippen molar-refractivity contribution in [2.24, 2.45) is 0 Å². The lowest BCUT2D eigenvalue weighted by atomic mass is 10.0. The maximum atomic E-state index is 11.9. The minimum absolute atomic E-state index is 0.181.